The van der Waals surface area contributed by atoms with E-state index >= 15 is 0 Å². The molecule has 0 radical (unpaired) electrons. The molecule has 0 amide bonds. The van der Waals surface area contributed by atoms with E-state index in [-0.39, 0.29) is 30.5 Å². The van der Waals surface area contributed by atoms with Crippen LogP contribution in [0.1, 0.15) is 24.8 Å². The van der Waals surface area contributed by atoms with E-state index < -0.39 is 23.2 Å². The molecule has 0 bridgehead atoms. The summed E-state index contributed by atoms with van der Waals surface area (Å²) in [7, 11) is 2.48. The summed E-state index contributed by atoms with van der Waals surface area (Å²) in [6, 6.07) is 4.17. The van der Waals surface area contributed by atoms with Gasteiger partial charge in [-0.2, -0.15) is 0 Å². The van der Waals surface area contributed by atoms with Gasteiger partial charge in [0.2, 0.25) is 0 Å². The van der Waals surface area contributed by atoms with Gasteiger partial charge >= 0.3 is 5.97 Å². The Morgan fingerprint density at radius 2 is 2.04 bits per heavy atom. The summed E-state index contributed by atoms with van der Waals surface area (Å²) in [6.45, 7) is 0.0777. The van der Waals surface area contributed by atoms with E-state index in [1.807, 2.05) is 0 Å². The molecule has 1 aliphatic carbocycles. The van der Waals surface area contributed by atoms with Gasteiger partial charge in [-0.05, 0) is 31.0 Å². The van der Waals surface area contributed by atoms with Crippen LogP contribution in [0.4, 0.5) is 0 Å². The third kappa shape index (κ3) is 2.26. The molecule has 2 heterocycles. The molecule has 4 N–H and O–H groups in total. The fraction of sp³-hybridized carbons (Fsp3) is 0.556. The summed E-state index contributed by atoms with van der Waals surface area (Å²) in [5.41, 5.74) is -0.975. The van der Waals surface area contributed by atoms with Crippen molar-refractivity contribution in [1.82, 2.24) is 0 Å². The number of nitrogens with zero attached hydrogens (tertiary/aromatic N) is 1. The third-order valence-electron chi connectivity index (χ3n) is 5.86. The van der Waals surface area contributed by atoms with E-state index in [0.717, 1.165) is 7.11 Å². The maximum absolute atomic E-state index is 12.6. The van der Waals surface area contributed by atoms with Gasteiger partial charge in [0, 0.05) is 26.2 Å². The average Bonchev–Trinajstić information content (AvgIpc) is 3.12. The Bertz CT molecular complexity index is 749. The molecule has 4 rings (SSSR count). The van der Waals surface area contributed by atoms with E-state index in [1.54, 1.807) is 0 Å². The highest BCUT2D eigenvalue weighted by atomic mass is 16.6. The number of aliphatic hydroxyl groups excluding tert-OH is 2. The lowest BCUT2D eigenvalue weighted by Crippen LogP contribution is -2.56. The lowest BCUT2D eigenvalue weighted by Gasteiger charge is -2.45. The number of phenols is 2. The molecule has 0 aromatic heterocycles. The van der Waals surface area contributed by atoms with E-state index in [2.05, 4.69) is 4.99 Å². The number of aromatic hydroxyl groups is 2. The maximum atomic E-state index is 12.6. The maximum Gasteiger partial charge on any atom is 0.313 e. The van der Waals surface area contributed by atoms with Gasteiger partial charge in [0.15, 0.2) is 6.23 Å². The van der Waals surface area contributed by atoms with Gasteiger partial charge in [-0.25, -0.2) is 0 Å². The summed E-state index contributed by atoms with van der Waals surface area (Å²) in [4.78, 5) is 17.1. The number of phenolic OH excluding ortho intramolecular Hbond substituents is 2. The van der Waals surface area contributed by atoms with Crippen LogP contribution >= 0.6 is 0 Å². The number of aliphatic imine (C=N–C) groups is 1. The quantitative estimate of drug-likeness (QED) is 0.445. The van der Waals surface area contributed by atoms with Gasteiger partial charge in [-0.1, -0.05) is 0 Å². The molecule has 26 heavy (non-hydrogen) atoms. The van der Waals surface area contributed by atoms with Gasteiger partial charge < -0.3 is 29.9 Å². The topological polar surface area (TPSA) is 129 Å². The molecule has 8 heteroatoms. The first-order chi connectivity index (χ1) is 12.4. The Labute approximate surface area is 150 Å². The zero-order chi connectivity index (χ0) is 19.1. The Morgan fingerprint density at radius 1 is 1.31 bits per heavy atom. The lowest BCUT2D eigenvalue weighted by atomic mass is 9.61. The molecule has 1 saturated heterocycles. The smallest absolute Gasteiger partial charge is 0.313 e. The summed E-state index contributed by atoms with van der Waals surface area (Å²) < 4.78 is 10.8. The molecule has 0 unspecified atom stereocenters. The Balaban J connectivity index is 0.000000948. The van der Waals surface area contributed by atoms with Gasteiger partial charge in [0.25, 0.3) is 0 Å². The van der Waals surface area contributed by atoms with Crippen molar-refractivity contribution in [3.8, 4) is 11.5 Å². The van der Waals surface area contributed by atoms with Crippen LogP contribution < -0.4 is 0 Å². The fourth-order valence-corrected chi connectivity index (χ4v) is 4.61. The van der Waals surface area contributed by atoms with Crippen molar-refractivity contribution in [1.29, 1.82) is 0 Å². The molecule has 1 saturated carbocycles. The normalized spacial score (nSPS) is 34.9. The molecule has 4 atom stereocenters. The molecular weight excluding hydrogens is 342 g/mol. The third-order valence-corrected chi connectivity index (χ3v) is 5.86. The standard InChI is InChI=1S/C17H19NO6.CH4O/c1-23-14-17-8-24-15(22)16(17,5-4-13(17)21)7-11(18-14)10-6-9(19)2-3-12(10)20;1-2/h2-3,6,13-14,19-21H,4-5,7-8H2,1H3;2H,1H3/t13-,14+,16-,17+;/m1./s1. The number of carbonyl (C=O) groups is 1. The van der Waals surface area contributed by atoms with Crippen molar-refractivity contribution in [2.45, 2.75) is 31.6 Å². The second-order valence-electron chi connectivity index (χ2n) is 6.80. The summed E-state index contributed by atoms with van der Waals surface area (Å²) in [6.07, 6.45) is -0.307. The summed E-state index contributed by atoms with van der Waals surface area (Å²) in [5.74, 6) is -0.391. The van der Waals surface area contributed by atoms with Crippen LogP contribution in [0, 0.1) is 10.8 Å². The van der Waals surface area contributed by atoms with Crippen molar-refractivity contribution in [3.63, 3.8) is 0 Å². The summed E-state index contributed by atoms with van der Waals surface area (Å²) >= 11 is 0. The first kappa shape index (κ1) is 18.6. The molecule has 2 fully saturated rings. The number of cyclic esters (lactones) is 1. The zero-order valence-electron chi connectivity index (χ0n) is 14.7. The van der Waals surface area contributed by atoms with Gasteiger partial charge in [-0.15, -0.1) is 0 Å². The van der Waals surface area contributed by atoms with Crippen molar-refractivity contribution < 1.29 is 34.7 Å². The fourth-order valence-electron chi connectivity index (χ4n) is 4.61. The number of ether oxygens (including phenoxy) is 2. The van der Waals surface area contributed by atoms with Crippen LogP contribution in [0.25, 0.3) is 0 Å². The molecule has 1 aromatic carbocycles. The molecule has 3 aliphatic rings. The lowest BCUT2D eigenvalue weighted by molar-refractivity contribution is -0.149. The van der Waals surface area contributed by atoms with Crippen LogP contribution in [0.2, 0.25) is 0 Å². The molecule has 142 valence electrons. The minimum absolute atomic E-state index is 0.00532. The van der Waals surface area contributed by atoms with Crippen molar-refractivity contribution >= 4 is 11.7 Å². The van der Waals surface area contributed by atoms with Crippen LogP contribution in [-0.2, 0) is 14.3 Å². The number of esters is 1. The Hall–Kier alpha value is -2.16. The Morgan fingerprint density at radius 3 is 2.73 bits per heavy atom. The predicted octanol–water partition coefficient (Wildman–Crippen LogP) is 0.556. The minimum Gasteiger partial charge on any atom is -0.508 e. The molecule has 8 nitrogen and oxygen atoms in total. The number of benzene rings is 1. The summed E-state index contributed by atoms with van der Waals surface area (Å²) in [5, 5.41) is 37.5. The highest BCUT2D eigenvalue weighted by molar-refractivity contribution is 6.06. The molecule has 0 spiro atoms. The zero-order valence-corrected chi connectivity index (χ0v) is 14.7. The largest absolute Gasteiger partial charge is 0.508 e. The first-order valence-corrected chi connectivity index (χ1v) is 8.36. The SMILES string of the molecule is CO.CO[C@@H]1N=C(c2cc(O)ccc2O)C[C@@]23CC[C@@H](O)[C@@]12COC3=O. The highest BCUT2D eigenvalue weighted by Gasteiger charge is 2.74. The number of aliphatic hydroxyl groups is 2. The second kappa shape index (κ2) is 6.53. The van der Waals surface area contributed by atoms with Crippen LogP contribution in [0.15, 0.2) is 23.2 Å². The van der Waals surface area contributed by atoms with Crippen molar-refractivity contribution in [2.24, 2.45) is 15.8 Å². The highest BCUT2D eigenvalue weighted by Crippen LogP contribution is 2.64. The Kier molecular flexibility index (Phi) is 4.68. The number of methoxy groups -OCH3 is 1. The van der Waals surface area contributed by atoms with Crippen LogP contribution in [0.3, 0.4) is 0 Å². The van der Waals surface area contributed by atoms with Crippen LogP contribution in [-0.4, -0.2) is 65.3 Å². The van der Waals surface area contributed by atoms with E-state index in [9.17, 15) is 20.1 Å². The molecular formula is C18H23NO7. The van der Waals surface area contributed by atoms with Gasteiger partial charge in [-0.3, -0.25) is 9.79 Å². The minimum atomic E-state index is -0.915. The van der Waals surface area contributed by atoms with Crippen LogP contribution in [0.5, 0.6) is 11.5 Å². The van der Waals surface area contributed by atoms with Crippen molar-refractivity contribution in [3.05, 3.63) is 23.8 Å². The number of hydrogen-bond acceptors (Lipinski definition) is 8. The molecule has 1 aromatic rings. The van der Waals surface area contributed by atoms with Gasteiger partial charge in [0.05, 0.1) is 22.6 Å². The van der Waals surface area contributed by atoms with Crippen molar-refractivity contribution in [2.75, 3.05) is 20.8 Å². The van der Waals surface area contributed by atoms with E-state index in [0.29, 0.717) is 24.1 Å². The number of carbonyl (C=O) groups excluding carboxylic acids is 1. The predicted molar refractivity (Wildman–Crippen MR) is 90.9 cm³/mol. The van der Waals surface area contributed by atoms with Gasteiger partial charge in [0.1, 0.15) is 18.1 Å². The monoisotopic (exact) mass is 365 g/mol. The van der Waals surface area contributed by atoms with E-state index in [4.69, 9.17) is 14.6 Å². The number of rotatable bonds is 2. The number of hydrogen-bond donors (Lipinski definition) is 4. The van der Waals surface area contributed by atoms with E-state index in [1.165, 1.54) is 25.3 Å². The average molecular weight is 365 g/mol. The second-order valence-corrected chi connectivity index (χ2v) is 6.80. The molecule has 2 aliphatic heterocycles. The first-order valence-electron chi connectivity index (χ1n) is 8.36.